The molecule has 1 unspecified atom stereocenters. The predicted octanol–water partition coefficient (Wildman–Crippen LogP) is 4.87. The van der Waals surface area contributed by atoms with Gasteiger partial charge in [0.2, 0.25) is 0 Å². The van der Waals surface area contributed by atoms with Crippen LogP contribution in [0.2, 0.25) is 5.02 Å². The molecule has 1 aromatic heterocycles. The lowest BCUT2D eigenvalue weighted by molar-refractivity contribution is 0.863. The van der Waals surface area contributed by atoms with Crippen LogP contribution in [0.3, 0.4) is 0 Å². The van der Waals surface area contributed by atoms with E-state index in [0.717, 1.165) is 28.3 Å². The summed E-state index contributed by atoms with van der Waals surface area (Å²) in [5, 5.41) is 0.622. The van der Waals surface area contributed by atoms with Crippen LogP contribution in [-0.4, -0.2) is 4.98 Å². The fourth-order valence-corrected chi connectivity index (χ4v) is 2.52. The summed E-state index contributed by atoms with van der Waals surface area (Å²) in [6.45, 7) is 4.10. The SMILES string of the molecule is Cc1ccc(Cl)cc1C(Cl)Cc1ncccc1C. The summed E-state index contributed by atoms with van der Waals surface area (Å²) in [5.41, 5.74) is 4.45. The van der Waals surface area contributed by atoms with Gasteiger partial charge in [0, 0.05) is 23.3 Å². The molecule has 0 aliphatic rings. The summed E-state index contributed by atoms with van der Waals surface area (Å²) < 4.78 is 0. The average molecular weight is 280 g/mol. The Balaban J connectivity index is 2.25. The van der Waals surface area contributed by atoms with Crippen LogP contribution in [0, 0.1) is 13.8 Å². The number of alkyl halides is 1. The van der Waals surface area contributed by atoms with Gasteiger partial charge in [-0.25, -0.2) is 0 Å². The van der Waals surface area contributed by atoms with E-state index in [4.69, 9.17) is 23.2 Å². The summed E-state index contributed by atoms with van der Waals surface area (Å²) in [4.78, 5) is 4.38. The molecule has 0 radical (unpaired) electrons. The minimum Gasteiger partial charge on any atom is -0.261 e. The zero-order valence-corrected chi connectivity index (χ0v) is 12.0. The summed E-state index contributed by atoms with van der Waals surface area (Å²) in [6, 6.07) is 9.81. The van der Waals surface area contributed by atoms with Crippen molar-refractivity contribution < 1.29 is 0 Å². The Morgan fingerprint density at radius 3 is 2.67 bits per heavy atom. The van der Waals surface area contributed by atoms with Gasteiger partial charge in [-0.2, -0.15) is 0 Å². The Kier molecular flexibility index (Phi) is 4.26. The Labute approximate surface area is 118 Å². The molecule has 0 saturated carbocycles. The molecule has 0 fully saturated rings. The monoisotopic (exact) mass is 279 g/mol. The van der Waals surface area contributed by atoms with Crippen LogP contribution >= 0.6 is 23.2 Å². The van der Waals surface area contributed by atoms with E-state index < -0.39 is 0 Å². The van der Waals surface area contributed by atoms with E-state index in [1.54, 1.807) is 6.20 Å². The van der Waals surface area contributed by atoms with Gasteiger partial charge in [-0.1, -0.05) is 23.7 Å². The van der Waals surface area contributed by atoms with Crippen molar-refractivity contribution >= 4 is 23.2 Å². The van der Waals surface area contributed by atoms with Gasteiger partial charge < -0.3 is 0 Å². The van der Waals surface area contributed by atoms with Crippen LogP contribution in [0.1, 0.15) is 27.8 Å². The number of aromatic nitrogens is 1. The van der Waals surface area contributed by atoms with Gasteiger partial charge in [0.05, 0.1) is 5.38 Å². The molecule has 94 valence electrons. The summed E-state index contributed by atoms with van der Waals surface area (Å²) in [6.07, 6.45) is 2.52. The smallest absolute Gasteiger partial charge is 0.0643 e. The Hall–Kier alpha value is -1.05. The fourth-order valence-electron chi connectivity index (χ4n) is 1.96. The first kappa shape index (κ1) is 13.4. The Morgan fingerprint density at radius 1 is 1.17 bits per heavy atom. The van der Waals surface area contributed by atoms with Crippen molar-refractivity contribution in [3.8, 4) is 0 Å². The number of rotatable bonds is 3. The quantitative estimate of drug-likeness (QED) is 0.730. The molecule has 0 N–H and O–H groups in total. The van der Waals surface area contributed by atoms with Gasteiger partial charge in [-0.05, 0) is 48.7 Å². The molecule has 1 heterocycles. The third-order valence-electron chi connectivity index (χ3n) is 3.07. The number of aryl methyl sites for hydroxylation is 2. The highest BCUT2D eigenvalue weighted by molar-refractivity contribution is 6.30. The van der Waals surface area contributed by atoms with E-state index >= 15 is 0 Å². The normalized spacial score (nSPS) is 12.4. The molecule has 0 saturated heterocycles. The molecule has 0 bridgehead atoms. The predicted molar refractivity (Wildman–Crippen MR) is 77.5 cm³/mol. The third-order valence-corrected chi connectivity index (χ3v) is 3.69. The average Bonchev–Trinajstić information content (AvgIpc) is 2.35. The first-order valence-electron chi connectivity index (χ1n) is 5.88. The molecule has 2 rings (SSSR count). The van der Waals surface area contributed by atoms with Gasteiger partial charge in [-0.3, -0.25) is 4.98 Å². The van der Waals surface area contributed by atoms with Gasteiger partial charge >= 0.3 is 0 Å². The largest absolute Gasteiger partial charge is 0.261 e. The second-order valence-electron chi connectivity index (χ2n) is 4.44. The maximum Gasteiger partial charge on any atom is 0.0643 e. The second-order valence-corrected chi connectivity index (χ2v) is 5.40. The van der Waals surface area contributed by atoms with E-state index in [9.17, 15) is 0 Å². The highest BCUT2D eigenvalue weighted by Gasteiger charge is 2.14. The van der Waals surface area contributed by atoms with Gasteiger partial charge in [0.15, 0.2) is 0 Å². The number of halogens is 2. The lowest BCUT2D eigenvalue weighted by atomic mass is 10.0. The summed E-state index contributed by atoms with van der Waals surface area (Å²) in [5.74, 6) is 0. The highest BCUT2D eigenvalue weighted by Crippen LogP contribution is 2.29. The third kappa shape index (κ3) is 3.04. The molecular formula is C15H15Cl2N. The number of nitrogens with zero attached hydrogens (tertiary/aromatic N) is 1. The zero-order chi connectivity index (χ0) is 13.1. The van der Waals surface area contributed by atoms with E-state index in [1.807, 2.05) is 31.2 Å². The van der Waals surface area contributed by atoms with Crippen LogP contribution in [0.4, 0.5) is 0 Å². The van der Waals surface area contributed by atoms with Crippen molar-refractivity contribution in [2.45, 2.75) is 25.6 Å². The molecule has 1 nitrogen and oxygen atoms in total. The first-order valence-corrected chi connectivity index (χ1v) is 6.70. The van der Waals surface area contributed by atoms with Crippen molar-refractivity contribution in [3.05, 3.63) is 63.9 Å². The van der Waals surface area contributed by atoms with E-state index in [-0.39, 0.29) is 5.38 Å². The van der Waals surface area contributed by atoms with Crippen LogP contribution in [0.15, 0.2) is 36.5 Å². The molecule has 1 atom stereocenters. The number of benzene rings is 1. The Morgan fingerprint density at radius 2 is 1.94 bits per heavy atom. The molecule has 0 aliphatic carbocycles. The molecule has 18 heavy (non-hydrogen) atoms. The van der Waals surface area contributed by atoms with Crippen molar-refractivity contribution in [1.29, 1.82) is 0 Å². The summed E-state index contributed by atoms with van der Waals surface area (Å²) >= 11 is 12.5. The highest BCUT2D eigenvalue weighted by atomic mass is 35.5. The first-order chi connectivity index (χ1) is 8.58. The number of pyridine rings is 1. The molecule has 0 spiro atoms. The van der Waals surface area contributed by atoms with Crippen molar-refractivity contribution in [1.82, 2.24) is 4.98 Å². The number of hydrogen-bond donors (Lipinski definition) is 0. The maximum absolute atomic E-state index is 6.49. The van der Waals surface area contributed by atoms with E-state index in [1.165, 1.54) is 5.56 Å². The minimum absolute atomic E-state index is 0.0997. The lowest BCUT2D eigenvalue weighted by Gasteiger charge is -2.14. The van der Waals surface area contributed by atoms with E-state index in [2.05, 4.69) is 18.0 Å². The lowest BCUT2D eigenvalue weighted by Crippen LogP contribution is -2.02. The number of hydrogen-bond acceptors (Lipinski definition) is 1. The molecule has 2 aromatic rings. The van der Waals surface area contributed by atoms with E-state index in [0.29, 0.717) is 0 Å². The molecule has 3 heteroatoms. The second kappa shape index (κ2) is 5.73. The zero-order valence-electron chi connectivity index (χ0n) is 10.5. The van der Waals surface area contributed by atoms with Crippen LogP contribution < -0.4 is 0 Å². The van der Waals surface area contributed by atoms with Gasteiger partial charge in [-0.15, -0.1) is 11.6 Å². The summed E-state index contributed by atoms with van der Waals surface area (Å²) in [7, 11) is 0. The van der Waals surface area contributed by atoms with Crippen LogP contribution in [-0.2, 0) is 6.42 Å². The molecular weight excluding hydrogens is 265 g/mol. The van der Waals surface area contributed by atoms with Crippen molar-refractivity contribution in [3.63, 3.8) is 0 Å². The molecule has 1 aromatic carbocycles. The van der Waals surface area contributed by atoms with Crippen LogP contribution in [0.25, 0.3) is 0 Å². The standard InChI is InChI=1S/C15H15Cl2N/c1-10-5-6-12(16)8-13(10)14(17)9-15-11(2)4-3-7-18-15/h3-8,14H,9H2,1-2H3. The van der Waals surface area contributed by atoms with Gasteiger partial charge in [0.1, 0.15) is 0 Å². The molecule has 0 amide bonds. The Bertz CT molecular complexity index is 552. The topological polar surface area (TPSA) is 12.9 Å². The van der Waals surface area contributed by atoms with Gasteiger partial charge in [0.25, 0.3) is 0 Å². The molecule has 0 aliphatic heterocycles. The van der Waals surface area contributed by atoms with Crippen LogP contribution in [0.5, 0.6) is 0 Å². The minimum atomic E-state index is -0.0997. The van der Waals surface area contributed by atoms with Crippen molar-refractivity contribution in [2.24, 2.45) is 0 Å². The maximum atomic E-state index is 6.49. The van der Waals surface area contributed by atoms with Crippen molar-refractivity contribution in [2.75, 3.05) is 0 Å². The fraction of sp³-hybridized carbons (Fsp3) is 0.267.